The Morgan fingerprint density at radius 2 is 1.81 bits per heavy atom. The molecule has 1 aromatic carbocycles. The highest BCUT2D eigenvalue weighted by Gasteiger charge is 2.28. The Kier molecular flexibility index (Phi) is 7.18. The summed E-state index contributed by atoms with van der Waals surface area (Å²) in [5, 5.41) is 3.14. The first-order valence-electron chi connectivity index (χ1n) is 7.79. The van der Waals surface area contributed by atoms with Gasteiger partial charge < -0.3 is 5.32 Å². The highest BCUT2D eigenvalue weighted by atomic mass is 32.2. The number of nitrogens with zero attached hydrogens (tertiary/aromatic N) is 1. The molecule has 1 aromatic rings. The van der Waals surface area contributed by atoms with Gasteiger partial charge in [0, 0.05) is 19.1 Å². The minimum absolute atomic E-state index is 0.0402. The molecule has 1 N–H and O–H groups in total. The smallest absolute Gasteiger partial charge is 0.245 e. The Hall–Kier alpha value is -1.07. The van der Waals surface area contributed by atoms with Crippen molar-refractivity contribution in [1.29, 1.82) is 0 Å². The van der Waals surface area contributed by atoms with Gasteiger partial charge >= 0.3 is 0 Å². The molecule has 0 atom stereocenters. The van der Waals surface area contributed by atoms with Crippen LogP contribution < -0.4 is 5.32 Å². The van der Waals surface area contributed by atoms with Crippen LogP contribution in [0.15, 0.2) is 29.2 Å². The minimum atomic E-state index is -3.46. The predicted octanol–water partition coefficient (Wildman–Crippen LogP) is 3.71. The van der Waals surface area contributed by atoms with E-state index in [1.54, 1.807) is 16.4 Å². The molecule has 0 aliphatic carbocycles. The van der Waals surface area contributed by atoms with Crippen molar-refractivity contribution in [2.75, 3.05) is 18.4 Å². The summed E-state index contributed by atoms with van der Waals surface area (Å²) in [6.07, 6.45) is 3.03. The largest absolute Gasteiger partial charge is 0.384 e. The Morgan fingerprint density at radius 3 is 2.38 bits per heavy atom. The maximum atomic E-state index is 12.9. The molecule has 5 heteroatoms. The topological polar surface area (TPSA) is 49.4 Å². The van der Waals surface area contributed by atoms with E-state index in [2.05, 4.69) is 12.2 Å². The first-order chi connectivity index (χ1) is 9.95. The van der Waals surface area contributed by atoms with Gasteiger partial charge in [0.2, 0.25) is 10.0 Å². The van der Waals surface area contributed by atoms with Crippen LogP contribution in [-0.2, 0) is 10.0 Å². The first-order valence-corrected chi connectivity index (χ1v) is 9.23. The van der Waals surface area contributed by atoms with Crippen LogP contribution in [0.25, 0.3) is 0 Å². The average molecular weight is 312 g/mol. The first kappa shape index (κ1) is 18.0. The molecule has 0 amide bonds. The lowest BCUT2D eigenvalue weighted by Crippen LogP contribution is -2.38. The van der Waals surface area contributed by atoms with E-state index < -0.39 is 10.0 Å². The zero-order valence-electron chi connectivity index (χ0n) is 13.6. The van der Waals surface area contributed by atoms with Gasteiger partial charge in [-0.25, -0.2) is 8.42 Å². The maximum Gasteiger partial charge on any atom is 0.245 e. The second-order valence-electron chi connectivity index (χ2n) is 5.44. The molecule has 0 aromatic heterocycles. The summed E-state index contributed by atoms with van der Waals surface area (Å²) in [5.41, 5.74) is 0.682. The van der Waals surface area contributed by atoms with E-state index in [1.165, 1.54) is 0 Å². The van der Waals surface area contributed by atoms with Crippen molar-refractivity contribution < 1.29 is 8.42 Å². The molecule has 0 spiro atoms. The van der Waals surface area contributed by atoms with Crippen LogP contribution >= 0.6 is 0 Å². The van der Waals surface area contributed by atoms with Gasteiger partial charge in [-0.2, -0.15) is 4.31 Å². The monoisotopic (exact) mass is 312 g/mol. The fourth-order valence-corrected chi connectivity index (χ4v) is 4.17. The number of hydrogen-bond acceptors (Lipinski definition) is 3. The van der Waals surface area contributed by atoms with Gasteiger partial charge in [0.25, 0.3) is 0 Å². The molecule has 0 fully saturated rings. The fraction of sp³-hybridized carbons (Fsp3) is 0.625. The van der Waals surface area contributed by atoms with Crippen molar-refractivity contribution in [2.24, 2.45) is 0 Å². The number of para-hydroxylation sites is 1. The number of nitrogens with one attached hydrogen (secondary N) is 1. The molecule has 120 valence electrons. The van der Waals surface area contributed by atoms with Gasteiger partial charge in [-0.1, -0.05) is 31.9 Å². The van der Waals surface area contributed by atoms with Crippen LogP contribution in [0.2, 0.25) is 0 Å². The van der Waals surface area contributed by atoms with Crippen LogP contribution in [0, 0.1) is 0 Å². The Morgan fingerprint density at radius 1 is 1.14 bits per heavy atom. The third-order valence-electron chi connectivity index (χ3n) is 3.40. The summed E-state index contributed by atoms with van der Waals surface area (Å²) in [7, 11) is -3.46. The van der Waals surface area contributed by atoms with E-state index in [0.29, 0.717) is 23.7 Å². The van der Waals surface area contributed by atoms with E-state index in [4.69, 9.17) is 0 Å². The fourth-order valence-electron chi connectivity index (χ4n) is 2.33. The van der Waals surface area contributed by atoms with Crippen LogP contribution in [0.4, 0.5) is 5.69 Å². The Labute approximate surface area is 129 Å². The predicted molar refractivity (Wildman–Crippen MR) is 89.2 cm³/mol. The van der Waals surface area contributed by atoms with Crippen molar-refractivity contribution in [3.05, 3.63) is 24.3 Å². The molecular formula is C16H28N2O2S. The van der Waals surface area contributed by atoms with Crippen molar-refractivity contribution in [1.82, 2.24) is 4.31 Å². The quantitative estimate of drug-likeness (QED) is 0.707. The zero-order valence-corrected chi connectivity index (χ0v) is 14.4. The number of benzene rings is 1. The lowest BCUT2D eigenvalue weighted by atomic mass is 10.2. The molecule has 0 unspecified atom stereocenters. The second kappa shape index (κ2) is 8.39. The molecule has 0 bridgehead atoms. The van der Waals surface area contributed by atoms with E-state index in [0.717, 1.165) is 19.3 Å². The van der Waals surface area contributed by atoms with Crippen molar-refractivity contribution >= 4 is 15.7 Å². The number of sulfonamides is 1. The van der Waals surface area contributed by atoms with Gasteiger partial charge in [0.05, 0.1) is 5.69 Å². The van der Waals surface area contributed by atoms with E-state index in [9.17, 15) is 8.42 Å². The average Bonchev–Trinajstić information content (AvgIpc) is 2.43. The molecule has 0 radical (unpaired) electrons. The summed E-state index contributed by atoms with van der Waals surface area (Å²) in [6, 6.07) is 7.09. The van der Waals surface area contributed by atoms with Gasteiger partial charge in [-0.05, 0) is 39.3 Å². The summed E-state index contributed by atoms with van der Waals surface area (Å²) < 4.78 is 27.5. The normalized spacial score (nSPS) is 12.1. The summed E-state index contributed by atoms with van der Waals surface area (Å²) in [6.45, 7) is 9.22. The van der Waals surface area contributed by atoms with Crippen molar-refractivity contribution in [3.8, 4) is 0 Å². The second-order valence-corrected chi connectivity index (χ2v) is 7.30. The molecule has 0 saturated carbocycles. The van der Waals surface area contributed by atoms with Crippen LogP contribution in [0.5, 0.6) is 0 Å². The number of rotatable bonds is 9. The van der Waals surface area contributed by atoms with E-state index in [1.807, 2.05) is 32.9 Å². The molecule has 4 nitrogen and oxygen atoms in total. The van der Waals surface area contributed by atoms with E-state index >= 15 is 0 Å². The minimum Gasteiger partial charge on any atom is -0.384 e. The maximum absolute atomic E-state index is 12.9. The summed E-state index contributed by atoms with van der Waals surface area (Å²) >= 11 is 0. The molecule has 0 aliphatic rings. The number of unbranched alkanes of at least 4 members (excludes halogenated alkanes) is 2. The van der Waals surface area contributed by atoms with Crippen LogP contribution in [-0.4, -0.2) is 31.9 Å². The Balaban J connectivity index is 3.11. The SMILES string of the molecule is CCCCCN(C(C)C)S(=O)(=O)c1ccccc1NCC. The third kappa shape index (κ3) is 4.71. The third-order valence-corrected chi connectivity index (χ3v) is 5.53. The van der Waals surface area contributed by atoms with Crippen molar-refractivity contribution in [2.45, 2.75) is 57.9 Å². The van der Waals surface area contributed by atoms with Crippen molar-refractivity contribution in [3.63, 3.8) is 0 Å². The molecule has 0 saturated heterocycles. The van der Waals surface area contributed by atoms with Gasteiger partial charge in [0.1, 0.15) is 4.90 Å². The highest BCUT2D eigenvalue weighted by Crippen LogP contribution is 2.26. The summed E-state index contributed by atoms with van der Waals surface area (Å²) in [5.74, 6) is 0. The standard InChI is InChI=1S/C16H28N2O2S/c1-5-7-10-13-18(14(3)4)21(19,20)16-12-9-8-11-15(16)17-6-2/h8-9,11-12,14,17H,5-7,10,13H2,1-4H3. The lowest BCUT2D eigenvalue weighted by molar-refractivity contribution is 0.346. The number of hydrogen-bond donors (Lipinski definition) is 1. The highest BCUT2D eigenvalue weighted by molar-refractivity contribution is 7.89. The van der Waals surface area contributed by atoms with Gasteiger partial charge in [-0.15, -0.1) is 0 Å². The molecule has 21 heavy (non-hydrogen) atoms. The van der Waals surface area contributed by atoms with Gasteiger partial charge in [-0.3, -0.25) is 0 Å². The number of anilines is 1. The van der Waals surface area contributed by atoms with Gasteiger partial charge in [0.15, 0.2) is 0 Å². The molecule has 0 heterocycles. The van der Waals surface area contributed by atoms with Crippen LogP contribution in [0.3, 0.4) is 0 Å². The summed E-state index contributed by atoms with van der Waals surface area (Å²) in [4.78, 5) is 0.372. The molecule has 0 aliphatic heterocycles. The molecule has 1 rings (SSSR count). The lowest BCUT2D eigenvalue weighted by Gasteiger charge is -2.27. The molecular weight excluding hydrogens is 284 g/mol. The zero-order chi connectivity index (χ0) is 15.9. The van der Waals surface area contributed by atoms with E-state index in [-0.39, 0.29) is 6.04 Å². The Bertz CT molecular complexity index is 527. The van der Waals surface area contributed by atoms with Crippen LogP contribution in [0.1, 0.15) is 47.0 Å².